The molecular weight excluding hydrogens is 541 g/mol. The first-order chi connectivity index (χ1) is 17.4. The van der Waals surface area contributed by atoms with Crippen LogP contribution in [0, 0.1) is 0 Å². The van der Waals surface area contributed by atoms with E-state index in [2.05, 4.69) is 5.32 Å². The molecule has 0 saturated carbocycles. The van der Waals surface area contributed by atoms with E-state index < -0.39 is 28.5 Å². The summed E-state index contributed by atoms with van der Waals surface area (Å²) in [6.07, 6.45) is 1.72. The van der Waals surface area contributed by atoms with E-state index in [1.807, 2.05) is 13.8 Å². The molecule has 37 heavy (non-hydrogen) atoms. The minimum Gasteiger partial charge on any atom is -0.486 e. The van der Waals surface area contributed by atoms with Crippen molar-refractivity contribution < 1.29 is 27.5 Å². The number of amides is 2. The minimum absolute atomic E-state index is 0.0251. The Kier molecular flexibility index (Phi) is 9.55. The number of anilines is 1. The molecule has 1 N–H and O–H groups in total. The van der Waals surface area contributed by atoms with Crippen molar-refractivity contribution in [1.82, 2.24) is 10.2 Å². The first-order valence-corrected chi connectivity index (χ1v) is 14.4. The molecule has 12 heteroatoms. The zero-order valence-corrected chi connectivity index (χ0v) is 23.5. The molecule has 1 aliphatic rings. The molecule has 2 amide bonds. The van der Waals surface area contributed by atoms with Gasteiger partial charge in [0.2, 0.25) is 21.8 Å². The van der Waals surface area contributed by atoms with Gasteiger partial charge in [0.15, 0.2) is 11.5 Å². The van der Waals surface area contributed by atoms with E-state index in [4.69, 9.17) is 32.7 Å². The second-order valence-electron chi connectivity index (χ2n) is 8.85. The molecule has 0 radical (unpaired) electrons. The smallest absolute Gasteiger partial charge is 0.244 e. The standard InChI is InChI=1S/C25H31Cl2N3O6S/c1-5-16(2)28-25(32)17(3)29(14-18-6-7-19(26)12-21(18)27)24(31)15-30(37(4,33)34)20-8-9-22-23(13-20)36-11-10-35-22/h6-9,12-13,16-17H,5,10-11,14-15H2,1-4H3,(H,28,32)/t16-,17-/m1/s1. The van der Waals surface area contributed by atoms with Gasteiger partial charge in [-0.3, -0.25) is 13.9 Å². The Morgan fingerprint density at radius 1 is 1.05 bits per heavy atom. The molecule has 2 atom stereocenters. The Balaban J connectivity index is 1.94. The van der Waals surface area contributed by atoms with Crippen molar-refractivity contribution in [3.05, 3.63) is 52.0 Å². The second-order valence-corrected chi connectivity index (χ2v) is 11.6. The highest BCUT2D eigenvalue weighted by atomic mass is 35.5. The maximum Gasteiger partial charge on any atom is 0.244 e. The zero-order chi connectivity index (χ0) is 27.3. The van der Waals surface area contributed by atoms with Crippen molar-refractivity contribution in [3.63, 3.8) is 0 Å². The second kappa shape index (κ2) is 12.2. The summed E-state index contributed by atoms with van der Waals surface area (Å²) < 4.78 is 37.6. The Morgan fingerprint density at radius 3 is 2.35 bits per heavy atom. The van der Waals surface area contributed by atoms with E-state index in [0.29, 0.717) is 46.7 Å². The van der Waals surface area contributed by atoms with Gasteiger partial charge >= 0.3 is 0 Å². The van der Waals surface area contributed by atoms with Gasteiger partial charge in [0.05, 0.1) is 11.9 Å². The van der Waals surface area contributed by atoms with Gasteiger partial charge in [-0.2, -0.15) is 0 Å². The number of hydrogen-bond donors (Lipinski definition) is 1. The van der Waals surface area contributed by atoms with Gasteiger partial charge in [-0.1, -0.05) is 36.2 Å². The van der Waals surface area contributed by atoms with E-state index in [9.17, 15) is 18.0 Å². The summed E-state index contributed by atoms with van der Waals surface area (Å²) in [5, 5.41) is 3.63. The lowest BCUT2D eigenvalue weighted by Gasteiger charge is -2.32. The number of rotatable bonds is 10. The Hall–Kier alpha value is -2.69. The van der Waals surface area contributed by atoms with Gasteiger partial charge in [-0.05, 0) is 50.1 Å². The van der Waals surface area contributed by atoms with E-state index in [-0.39, 0.29) is 24.2 Å². The number of sulfonamides is 1. The maximum atomic E-state index is 13.7. The molecule has 0 bridgehead atoms. The maximum absolute atomic E-state index is 13.7. The Labute approximate surface area is 227 Å². The van der Waals surface area contributed by atoms with Gasteiger partial charge in [0, 0.05) is 28.7 Å². The number of benzene rings is 2. The van der Waals surface area contributed by atoms with Gasteiger partial charge in [-0.15, -0.1) is 0 Å². The van der Waals surface area contributed by atoms with Gasteiger partial charge in [0.25, 0.3) is 0 Å². The van der Waals surface area contributed by atoms with Crippen LogP contribution in [0.4, 0.5) is 5.69 Å². The number of carbonyl (C=O) groups excluding carboxylic acids is 2. The van der Waals surface area contributed by atoms with E-state index in [0.717, 1.165) is 10.6 Å². The van der Waals surface area contributed by atoms with Crippen molar-refractivity contribution >= 4 is 50.7 Å². The van der Waals surface area contributed by atoms with Crippen LogP contribution in [0.5, 0.6) is 11.5 Å². The lowest BCUT2D eigenvalue weighted by Crippen LogP contribution is -2.52. The summed E-state index contributed by atoms with van der Waals surface area (Å²) in [6.45, 7) is 5.54. The molecule has 202 valence electrons. The fourth-order valence-corrected chi connectivity index (χ4v) is 4.99. The molecule has 1 heterocycles. The first kappa shape index (κ1) is 28.9. The van der Waals surface area contributed by atoms with E-state index >= 15 is 0 Å². The van der Waals surface area contributed by atoms with Crippen molar-refractivity contribution in [3.8, 4) is 11.5 Å². The zero-order valence-electron chi connectivity index (χ0n) is 21.2. The van der Waals surface area contributed by atoms with Crippen molar-refractivity contribution in [2.75, 3.05) is 30.3 Å². The lowest BCUT2D eigenvalue weighted by molar-refractivity contribution is -0.139. The number of nitrogens with zero attached hydrogens (tertiary/aromatic N) is 2. The number of hydrogen-bond acceptors (Lipinski definition) is 6. The third-order valence-electron chi connectivity index (χ3n) is 6.02. The summed E-state index contributed by atoms with van der Waals surface area (Å²) in [5.74, 6) is -0.0729. The molecule has 9 nitrogen and oxygen atoms in total. The molecule has 0 saturated heterocycles. The van der Waals surface area contributed by atoms with Gasteiger partial charge in [0.1, 0.15) is 25.8 Å². The van der Waals surface area contributed by atoms with Gasteiger partial charge in [-0.25, -0.2) is 8.42 Å². The summed E-state index contributed by atoms with van der Waals surface area (Å²) in [6, 6.07) is 8.49. The van der Waals surface area contributed by atoms with E-state index in [1.165, 1.54) is 11.0 Å². The van der Waals surface area contributed by atoms with Crippen LogP contribution in [0.3, 0.4) is 0 Å². The number of fused-ring (bicyclic) bond motifs is 1. The summed E-state index contributed by atoms with van der Waals surface area (Å²) in [4.78, 5) is 27.9. The first-order valence-electron chi connectivity index (χ1n) is 11.8. The monoisotopic (exact) mass is 571 g/mol. The molecule has 0 aliphatic carbocycles. The number of ether oxygens (including phenoxy) is 2. The SMILES string of the molecule is CC[C@@H](C)NC(=O)[C@@H](C)N(Cc1ccc(Cl)cc1Cl)C(=O)CN(c1ccc2c(c1)OCCO2)S(C)(=O)=O. The highest BCUT2D eigenvalue weighted by molar-refractivity contribution is 7.92. The Bertz CT molecular complexity index is 1260. The highest BCUT2D eigenvalue weighted by Gasteiger charge is 2.31. The number of halogens is 2. The van der Waals surface area contributed by atoms with Crippen molar-refractivity contribution in [2.24, 2.45) is 0 Å². The molecule has 1 aliphatic heterocycles. The fourth-order valence-electron chi connectivity index (χ4n) is 3.68. The summed E-state index contributed by atoms with van der Waals surface area (Å²) in [7, 11) is -3.88. The predicted molar refractivity (Wildman–Crippen MR) is 144 cm³/mol. The number of nitrogens with one attached hydrogen (secondary N) is 1. The highest BCUT2D eigenvalue weighted by Crippen LogP contribution is 2.35. The van der Waals surface area contributed by atoms with Crippen LogP contribution in [0.25, 0.3) is 0 Å². The molecular formula is C25H31Cl2N3O6S. The molecule has 0 fully saturated rings. The third kappa shape index (κ3) is 7.43. The third-order valence-corrected chi connectivity index (χ3v) is 7.74. The normalized spacial score (nSPS) is 14.4. The molecule has 2 aromatic rings. The van der Waals surface area contributed by atoms with Crippen LogP contribution in [-0.2, 0) is 26.2 Å². The van der Waals surface area contributed by atoms with Crippen LogP contribution in [-0.4, -0.2) is 63.2 Å². The summed E-state index contributed by atoms with van der Waals surface area (Å²) >= 11 is 12.4. The molecule has 0 spiro atoms. The molecule has 0 aromatic heterocycles. The average molecular weight is 573 g/mol. The molecule has 0 unspecified atom stereocenters. The quantitative estimate of drug-likeness (QED) is 0.464. The van der Waals surface area contributed by atoms with Crippen LogP contribution < -0.4 is 19.1 Å². The van der Waals surface area contributed by atoms with Crippen LogP contribution in [0.2, 0.25) is 10.0 Å². The van der Waals surface area contributed by atoms with Crippen molar-refractivity contribution in [1.29, 1.82) is 0 Å². The average Bonchev–Trinajstić information content (AvgIpc) is 2.85. The fraction of sp³-hybridized carbons (Fsp3) is 0.440. The Morgan fingerprint density at radius 2 is 1.73 bits per heavy atom. The molecule has 3 rings (SSSR count). The van der Waals surface area contributed by atoms with Crippen LogP contribution in [0.15, 0.2) is 36.4 Å². The topological polar surface area (TPSA) is 105 Å². The van der Waals surface area contributed by atoms with Crippen molar-refractivity contribution in [2.45, 2.75) is 45.8 Å². The largest absolute Gasteiger partial charge is 0.486 e. The van der Waals surface area contributed by atoms with Gasteiger partial charge < -0.3 is 19.7 Å². The lowest BCUT2D eigenvalue weighted by atomic mass is 10.1. The van der Waals surface area contributed by atoms with E-state index in [1.54, 1.807) is 37.3 Å². The number of carbonyl (C=O) groups is 2. The van der Waals surface area contributed by atoms with Crippen LogP contribution >= 0.6 is 23.2 Å². The summed E-state index contributed by atoms with van der Waals surface area (Å²) in [5.41, 5.74) is 0.800. The minimum atomic E-state index is -3.88. The van der Waals surface area contributed by atoms with Crippen LogP contribution in [0.1, 0.15) is 32.8 Å². The predicted octanol–water partition coefficient (Wildman–Crippen LogP) is 3.86. The molecule has 2 aromatic carbocycles.